The first-order chi connectivity index (χ1) is 25.7. The second-order valence-electron chi connectivity index (χ2n) is 10.2. The summed E-state index contributed by atoms with van der Waals surface area (Å²) in [5, 5.41) is 13.6. The van der Waals surface area contributed by atoms with E-state index in [0.717, 1.165) is 14.2 Å². The van der Waals surface area contributed by atoms with Gasteiger partial charge in [0.2, 0.25) is 0 Å². The van der Waals surface area contributed by atoms with Gasteiger partial charge in [0.05, 0.1) is 54.5 Å². The van der Waals surface area contributed by atoms with E-state index in [-0.39, 0.29) is 89.0 Å². The summed E-state index contributed by atoms with van der Waals surface area (Å²) in [4.78, 5) is 50.6. The maximum atomic E-state index is 14.9. The standard InChI is InChI=1S/C20H15Cl2FN4O5.C13H8Cl3FN2O3/c1-31-17-12(21)8-7-11(15(17)23)18-25-16(20(28)32-2)14(22)19(26-18)24-9-10-5-3-4-6-13(10)27(29)30;1-21-10-6(14)4-3-5(8(10)17)12-18-9(13(20)22-2)7(15)11(16)19-12/h3-8H,9H2,1-2H3,(H,24,25,26);3-4H,1-2H3. The highest BCUT2D eigenvalue weighted by Crippen LogP contribution is 2.37. The summed E-state index contributed by atoms with van der Waals surface area (Å²) in [5.41, 5.74) is -0.531. The number of nitro benzene ring substituents is 1. The number of hydrogen-bond acceptors (Lipinski definition) is 13. The van der Waals surface area contributed by atoms with E-state index >= 15 is 0 Å². The van der Waals surface area contributed by atoms with Crippen LogP contribution in [0.3, 0.4) is 0 Å². The van der Waals surface area contributed by atoms with Gasteiger partial charge in [-0.15, -0.1) is 0 Å². The Morgan fingerprint density at radius 1 is 0.722 bits per heavy atom. The van der Waals surface area contributed by atoms with Gasteiger partial charge in [-0.1, -0.05) is 76.2 Å². The van der Waals surface area contributed by atoms with Crippen LogP contribution in [0.1, 0.15) is 26.5 Å². The number of benzene rings is 3. The topological polar surface area (TPSA) is 178 Å². The number of nitrogens with zero attached hydrogens (tertiary/aromatic N) is 5. The number of carbonyl (C=O) groups is 2. The molecule has 54 heavy (non-hydrogen) atoms. The van der Waals surface area contributed by atoms with E-state index in [9.17, 15) is 28.5 Å². The Morgan fingerprint density at radius 3 is 1.69 bits per heavy atom. The Hall–Kier alpha value is -5.13. The zero-order chi connectivity index (χ0) is 39.9. The zero-order valence-electron chi connectivity index (χ0n) is 28.0. The lowest BCUT2D eigenvalue weighted by Gasteiger charge is -2.14. The minimum absolute atomic E-state index is 0.0330. The van der Waals surface area contributed by atoms with Crippen molar-refractivity contribution in [2.24, 2.45) is 0 Å². The Morgan fingerprint density at radius 2 is 1.20 bits per heavy atom. The van der Waals surface area contributed by atoms with Crippen LogP contribution in [0.15, 0.2) is 48.5 Å². The number of methoxy groups -OCH3 is 4. The fourth-order valence-electron chi connectivity index (χ4n) is 4.49. The second-order valence-corrected chi connectivity index (χ2v) is 12.1. The van der Waals surface area contributed by atoms with Gasteiger partial charge in [-0.25, -0.2) is 38.3 Å². The number of rotatable bonds is 10. The van der Waals surface area contributed by atoms with Crippen molar-refractivity contribution in [3.8, 4) is 34.3 Å². The predicted octanol–water partition coefficient (Wildman–Crippen LogP) is 8.94. The molecule has 3 aromatic carbocycles. The first kappa shape index (κ1) is 41.6. The van der Waals surface area contributed by atoms with Gasteiger partial charge < -0.3 is 24.3 Å². The molecule has 2 aromatic heterocycles. The van der Waals surface area contributed by atoms with Gasteiger partial charge in [-0.2, -0.15) is 0 Å². The Kier molecular flexibility index (Phi) is 14.1. The molecule has 0 radical (unpaired) electrons. The molecular formula is C33H23Cl5F2N6O8. The SMILES string of the molecule is COC(=O)c1nc(-c2ccc(Cl)c(OC)c2F)nc(Cl)c1Cl.COC(=O)c1nc(-c2ccc(Cl)c(OC)c2F)nc(NCc2ccccc2[N+](=O)[O-])c1Cl. The second kappa shape index (κ2) is 18.3. The van der Waals surface area contributed by atoms with Crippen molar-refractivity contribution < 1.29 is 42.2 Å². The molecule has 5 rings (SSSR count). The molecule has 0 saturated carbocycles. The van der Waals surface area contributed by atoms with Crippen LogP contribution in [-0.2, 0) is 16.0 Å². The molecule has 14 nitrogen and oxygen atoms in total. The molecular weight excluding hydrogens is 824 g/mol. The van der Waals surface area contributed by atoms with Crippen LogP contribution in [0.2, 0.25) is 25.2 Å². The molecule has 2 heterocycles. The molecule has 0 aliphatic rings. The van der Waals surface area contributed by atoms with Gasteiger partial charge in [0.1, 0.15) is 15.9 Å². The zero-order valence-corrected chi connectivity index (χ0v) is 31.8. The molecule has 0 fully saturated rings. The van der Waals surface area contributed by atoms with Gasteiger partial charge in [0, 0.05) is 18.2 Å². The summed E-state index contributed by atoms with van der Waals surface area (Å²) in [6.45, 7) is -0.0552. The minimum atomic E-state index is -0.881. The van der Waals surface area contributed by atoms with Gasteiger partial charge >= 0.3 is 11.9 Å². The monoisotopic (exact) mass is 844 g/mol. The number of carbonyl (C=O) groups excluding carboxylic acids is 2. The average Bonchev–Trinajstić information content (AvgIpc) is 3.15. The van der Waals surface area contributed by atoms with E-state index in [0.29, 0.717) is 5.56 Å². The van der Waals surface area contributed by atoms with Crippen molar-refractivity contribution in [1.82, 2.24) is 19.9 Å². The van der Waals surface area contributed by atoms with E-state index in [1.54, 1.807) is 12.1 Å². The first-order valence-corrected chi connectivity index (χ1v) is 16.6. The van der Waals surface area contributed by atoms with E-state index in [4.69, 9.17) is 72.2 Å². The number of hydrogen-bond donors (Lipinski definition) is 1. The summed E-state index contributed by atoms with van der Waals surface area (Å²) in [5.74, 6) is -4.14. The third-order valence-electron chi connectivity index (χ3n) is 7.04. The summed E-state index contributed by atoms with van der Waals surface area (Å²) in [6.07, 6.45) is 0. The number of nitro groups is 1. The Balaban J connectivity index is 0.000000258. The van der Waals surface area contributed by atoms with E-state index in [1.807, 2.05) is 0 Å². The third-order valence-corrected chi connectivity index (χ3v) is 8.72. The Bertz CT molecular complexity index is 2270. The minimum Gasteiger partial charge on any atom is -0.492 e. The van der Waals surface area contributed by atoms with Gasteiger partial charge in [0.25, 0.3) is 5.69 Å². The number of para-hydroxylation sites is 1. The van der Waals surface area contributed by atoms with Crippen LogP contribution < -0.4 is 14.8 Å². The number of ether oxygens (including phenoxy) is 4. The number of nitrogens with one attached hydrogen (secondary N) is 1. The van der Waals surface area contributed by atoms with Crippen molar-refractivity contribution in [3.05, 3.63) is 112 Å². The largest absolute Gasteiger partial charge is 0.492 e. The van der Waals surface area contributed by atoms with Crippen molar-refractivity contribution in [1.29, 1.82) is 0 Å². The number of anilines is 1. The molecule has 21 heteroatoms. The molecule has 282 valence electrons. The highest BCUT2D eigenvalue weighted by Gasteiger charge is 2.25. The average molecular weight is 847 g/mol. The van der Waals surface area contributed by atoms with Crippen LogP contribution in [0.25, 0.3) is 22.8 Å². The molecule has 0 bridgehead atoms. The summed E-state index contributed by atoms with van der Waals surface area (Å²) >= 11 is 29.7. The van der Waals surface area contributed by atoms with Crippen LogP contribution in [0.4, 0.5) is 20.3 Å². The van der Waals surface area contributed by atoms with Crippen molar-refractivity contribution in [3.63, 3.8) is 0 Å². The fraction of sp³-hybridized carbons (Fsp3) is 0.152. The molecule has 0 aliphatic heterocycles. The third kappa shape index (κ3) is 8.97. The molecule has 0 aliphatic carbocycles. The fourth-order valence-corrected chi connectivity index (χ4v) is 5.50. The molecule has 0 amide bonds. The number of esters is 2. The van der Waals surface area contributed by atoms with E-state index < -0.39 is 28.5 Å². The molecule has 0 atom stereocenters. The lowest BCUT2D eigenvalue weighted by molar-refractivity contribution is -0.385. The van der Waals surface area contributed by atoms with Crippen LogP contribution in [0.5, 0.6) is 11.5 Å². The molecule has 0 saturated heterocycles. The smallest absolute Gasteiger partial charge is 0.358 e. The van der Waals surface area contributed by atoms with Crippen molar-refractivity contribution >= 4 is 81.4 Å². The molecule has 0 unspecified atom stereocenters. The lowest BCUT2D eigenvalue weighted by atomic mass is 10.1. The maximum Gasteiger partial charge on any atom is 0.358 e. The van der Waals surface area contributed by atoms with Gasteiger partial charge in [-0.3, -0.25) is 10.1 Å². The molecule has 1 N–H and O–H groups in total. The van der Waals surface area contributed by atoms with Gasteiger partial charge in [-0.05, 0) is 24.3 Å². The van der Waals surface area contributed by atoms with E-state index in [2.05, 4.69) is 30.0 Å². The Labute approximate surface area is 329 Å². The highest BCUT2D eigenvalue weighted by atomic mass is 35.5. The first-order valence-electron chi connectivity index (χ1n) is 14.7. The predicted molar refractivity (Wildman–Crippen MR) is 196 cm³/mol. The van der Waals surface area contributed by atoms with Crippen molar-refractivity contribution in [2.45, 2.75) is 6.54 Å². The summed E-state index contributed by atoms with van der Waals surface area (Å²) in [6, 6.07) is 11.5. The molecule has 5 aromatic rings. The summed E-state index contributed by atoms with van der Waals surface area (Å²) < 4.78 is 48.4. The van der Waals surface area contributed by atoms with Gasteiger partial charge in [0.15, 0.2) is 51.3 Å². The number of halogens is 7. The van der Waals surface area contributed by atoms with Crippen molar-refractivity contribution in [2.75, 3.05) is 33.8 Å². The van der Waals surface area contributed by atoms with E-state index in [1.165, 1.54) is 50.6 Å². The van der Waals surface area contributed by atoms with Crippen LogP contribution in [-0.4, -0.2) is 65.2 Å². The maximum absolute atomic E-state index is 14.9. The quantitative estimate of drug-likeness (QED) is 0.0610. The van der Waals surface area contributed by atoms with Crippen LogP contribution in [0, 0.1) is 21.7 Å². The lowest BCUT2D eigenvalue weighted by Crippen LogP contribution is -2.12. The number of aromatic nitrogens is 4. The normalized spacial score (nSPS) is 10.5. The van der Waals surface area contributed by atoms with Crippen LogP contribution >= 0.6 is 58.0 Å². The summed E-state index contributed by atoms with van der Waals surface area (Å²) in [7, 11) is 4.80. The highest BCUT2D eigenvalue weighted by molar-refractivity contribution is 6.43. The molecule has 0 spiro atoms.